The van der Waals surface area contributed by atoms with Crippen LogP contribution in [0.1, 0.15) is 31.7 Å². The third-order valence-electron chi connectivity index (χ3n) is 5.94. The number of nitrogens with zero attached hydrogens (tertiary/aromatic N) is 5. The first-order chi connectivity index (χ1) is 16.5. The lowest BCUT2D eigenvalue weighted by Crippen LogP contribution is -3.00. The Morgan fingerprint density at radius 1 is 1.31 bits per heavy atom. The van der Waals surface area contributed by atoms with E-state index in [1.165, 1.54) is 10.5 Å². The van der Waals surface area contributed by atoms with Gasteiger partial charge in [-0.05, 0) is 50.5 Å². The Bertz CT molecular complexity index is 1350. The number of nitrogens with one attached hydrogen (secondary N) is 3. The van der Waals surface area contributed by atoms with Gasteiger partial charge in [-0.1, -0.05) is 6.07 Å². The Labute approximate surface area is 209 Å². The van der Waals surface area contributed by atoms with Crippen molar-refractivity contribution in [1.82, 2.24) is 24.8 Å². The minimum Gasteiger partial charge on any atom is -1.00 e. The standard InChI is InChI=1S/C23H31N10O.ClH/c1-3-32-17-8-7-15(6-5-10-28-23(25)26)12-18(17)33(4-2)19(32)13-31(14-34)22-20(24)30-21-16(29-22)9-11-27-21;/h7-9,11-12,14H,3-6,10,13H2,1-2H3,(H3,24,27,30)(H4,25,26,28);1H/q+1;/p-1. The number of guanidine groups is 1. The third kappa shape index (κ3) is 5.14. The van der Waals surface area contributed by atoms with E-state index in [1.54, 1.807) is 12.3 Å². The number of rotatable bonds is 10. The van der Waals surface area contributed by atoms with Crippen molar-refractivity contribution in [1.29, 1.82) is 5.41 Å². The van der Waals surface area contributed by atoms with Crippen molar-refractivity contribution in [3.05, 3.63) is 41.9 Å². The van der Waals surface area contributed by atoms with Crippen LogP contribution in [0.5, 0.6) is 0 Å². The van der Waals surface area contributed by atoms with E-state index in [9.17, 15) is 4.79 Å². The number of nitrogen functional groups attached to an aromatic ring is 1. The van der Waals surface area contributed by atoms with E-state index in [0.29, 0.717) is 30.1 Å². The molecular weight excluding hydrogens is 468 g/mol. The maximum atomic E-state index is 12.1. The fraction of sp³-hybridized carbons (Fsp3) is 0.348. The number of carbonyl (C=O) groups excluding carboxylic acids is 1. The number of benzene rings is 1. The molecule has 0 aliphatic carbocycles. The Balaban J connectivity index is 0.00000342. The molecule has 4 rings (SSSR count). The van der Waals surface area contributed by atoms with Crippen molar-refractivity contribution in [3.8, 4) is 0 Å². The van der Waals surface area contributed by atoms with Gasteiger partial charge in [0.25, 0.3) is 5.82 Å². The number of aromatic nitrogens is 5. The molecule has 11 nitrogen and oxygen atoms in total. The monoisotopic (exact) mass is 498 g/mol. The molecule has 0 bridgehead atoms. The number of nitrogens with two attached hydrogens (primary N) is 2. The SMILES string of the molecule is CCn1c(CN(C=O)c2nc3cc[nH]c3nc2N)[n+](CC)c2ccc(CCCNC(=N)N)cc21.[Cl-]. The van der Waals surface area contributed by atoms with E-state index in [2.05, 4.69) is 61.4 Å². The second-order valence-corrected chi connectivity index (χ2v) is 8.05. The lowest BCUT2D eigenvalue weighted by atomic mass is 10.1. The van der Waals surface area contributed by atoms with Gasteiger partial charge in [-0.15, -0.1) is 0 Å². The van der Waals surface area contributed by atoms with Crippen molar-refractivity contribution in [3.63, 3.8) is 0 Å². The molecule has 4 aromatic rings. The number of anilines is 2. The molecule has 0 atom stereocenters. The highest BCUT2D eigenvalue weighted by atomic mass is 35.5. The second kappa shape index (κ2) is 11.0. The highest BCUT2D eigenvalue weighted by Gasteiger charge is 2.27. The Hall–Kier alpha value is -3.86. The largest absolute Gasteiger partial charge is 1.00 e. The normalized spacial score (nSPS) is 10.9. The summed E-state index contributed by atoms with van der Waals surface area (Å²) in [6.45, 7) is 6.66. The first-order valence-electron chi connectivity index (χ1n) is 11.4. The lowest BCUT2D eigenvalue weighted by Gasteiger charge is -2.16. The summed E-state index contributed by atoms with van der Waals surface area (Å²) >= 11 is 0. The van der Waals surface area contributed by atoms with E-state index >= 15 is 0 Å². The van der Waals surface area contributed by atoms with Crippen LogP contribution in [0, 0.1) is 5.41 Å². The van der Waals surface area contributed by atoms with Gasteiger partial charge in [-0.25, -0.2) is 19.1 Å². The van der Waals surface area contributed by atoms with Crippen LogP contribution in [0.25, 0.3) is 22.2 Å². The molecule has 7 N–H and O–H groups in total. The zero-order chi connectivity index (χ0) is 24.2. The molecule has 1 amide bonds. The average molecular weight is 499 g/mol. The van der Waals surface area contributed by atoms with E-state index in [-0.39, 0.29) is 24.2 Å². The number of aromatic amines is 1. The van der Waals surface area contributed by atoms with Crippen LogP contribution in [0.15, 0.2) is 30.5 Å². The molecule has 0 saturated carbocycles. The Kier molecular flexibility index (Phi) is 8.13. The topological polar surface area (TPSA) is 159 Å². The lowest BCUT2D eigenvalue weighted by molar-refractivity contribution is -0.676. The number of carbonyl (C=O) groups is 1. The number of hydrogen-bond acceptors (Lipinski definition) is 5. The molecule has 12 heteroatoms. The minimum atomic E-state index is -0.00958. The predicted molar refractivity (Wildman–Crippen MR) is 132 cm³/mol. The number of fused-ring (bicyclic) bond motifs is 2. The van der Waals surface area contributed by atoms with Crippen molar-refractivity contribution >= 4 is 46.2 Å². The molecule has 186 valence electrons. The molecule has 0 aliphatic rings. The summed E-state index contributed by atoms with van der Waals surface area (Å²) in [5, 5.41) is 10.1. The molecule has 1 aromatic carbocycles. The number of amides is 1. The molecular formula is C23H31ClN10O. The number of imidazole rings is 1. The van der Waals surface area contributed by atoms with Gasteiger partial charge in [-0.3, -0.25) is 15.1 Å². The van der Waals surface area contributed by atoms with Crippen LogP contribution in [0.3, 0.4) is 0 Å². The molecule has 0 fully saturated rings. The summed E-state index contributed by atoms with van der Waals surface area (Å²) in [4.78, 5) is 25.6. The molecule has 0 aliphatic heterocycles. The van der Waals surface area contributed by atoms with Gasteiger partial charge in [-0.2, -0.15) is 0 Å². The highest BCUT2D eigenvalue weighted by molar-refractivity contribution is 5.84. The molecule has 3 heterocycles. The van der Waals surface area contributed by atoms with Crippen molar-refractivity contribution in [2.75, 3.05) is 17.2 Å². The van der Waals surface area contributed by atoms with Gasteiger partial charge in [0.05, 0.1) is 13.1 Å². The van der Waals surface area contributed by atoms with E-state index < -0.39 is 0 Å². The molecule has 0 unspecified atom stereocenters. The predicted octanol–water partition coefficient (Wildman–Crippen LogP) is -1.60. The van der Waals surface area contributed by atoms with E-state index in [4.69, 9.17) is 16.9 Å². The smallest absolute Gasteiger partial charge is 0.277 e. The summed E-state index contributed by atoms with van der Waals surface area (Å²) in [7, 11) is 0. The van der Waals surface area contributed by atoms with Crippen molar-refractivity contribution in [2.24, 2.45) is 5.73 Å². The van der Waals surface area contributed by atoms with Gasteiger partial charge in [0, 0.05) is 12.7 Å². The summed E-state index contributed by atoms with van der Waals surface area (Å²) in [5.41, 5.74) is 16.2. The minimum absolute atomic E-state index is 0. The van der Waals surface area contributed by atoms with Crippen LogP contribution < -0.4 is 38.7 Å². The summed E-state index contributed by atoms with van der Waals surface area (Å²) in [6, 6.07) is 8.27. The first kappa shape index (κ1) is 25.8. The fourth-order valence-electron chi connectivity index (χ4n) is 4.38. The zero-order valence-corrected chi connectivity index (χ0v) is 20.6. The third-order valence-corrected chi connectivity index (χ3v) is 5.94. The first-order valence-corrected chi connectivity index (χ1v) is 11.4. The van der Waals surface area contributed by atoms with Gasteiger partial charge < -0.3 is 34.2 Å². The van der Waals surface area contributed by atoms with Crippen molar-refractivity contribution in [2.45, 2.75) is 46.3 Å². The van der Waals surface area contributed by atoms with Gasteiger partial charge in [0.15, 0.2) is 34.3 Å². The second-order valence-electron chi connectivity index (χ2n) is 8.05. The van der Waals surface area contributed by atoms with Crippen LogP contribution in [-0.4, -0.2) is 38.4 Å². The van der Waals surface area contributed by atoms with E-state index in [1.807, 2.05) is 0 Å². The zero-order valence-electron chi connectivity index (χ0n) is 19.9. The van der Waals surface area contributed by atoms with E-state index in [0.717, 1.165) is 49.2 Å². The van der Waals surface area contributed by atoms with Crippen LogP contribution >= 0.6 is 0 Å². The maximum absolute atomic E-state index is 12.1. The number of hydrogen-bond donors (Lipinski definition) is 5. The van der Waals surface area contributed by atoms with Gasteiger partial charge in [0.2, 0.25) is 6.41 Å². The summed E-state index contributed by atoms with van der Waals surface area (Å²) < 4.78 is 4.44. The Morgan fingerprint density at radius 2 is 2.11 bits per heavy atom. The molecule has 3 aromatic heterocycles. The van der Waals surface area contributed by atoms with Crippen LogP contribution in [0.2, 0.25) is 0 Å². The number of aryl methyl sites for hydroxylation is 3. The Morgan fingerprint density at radius 3 is 2.80 bits per heavy atom. The average Bonchev–Trinajstić information content (AvgIpc) is 3.40. The molecule has 0 radical (unpaired) electrons. The van der Waals surface area contributed by atoms with Crippen LogP contribution in [0.4, 0.5) is 11.6 Å². The van der Waals surface area contributed by atoms with Gasteiger partial charge >= 0.3 is 0 Å². The van der Waals surface area contributed by atoms with Crippen LogP contribution in [-0.2, 0) is 30.8 Å². The molecule has 35 heavy (non-hydrogen) atoms. The highest BCUT2D eigenvalue weighted by Crippen LogP contribution is 2.24. The molecule has 0 spiro atoms. The number of halogens is 1. The van der Waals surface area contributed by atoms with Crippen molar-refractivity contribution < 1.29 is 21.8 Å². The molecule has 0 saturated heterocycles. The van der Waals surface area contributed by atoms with Gasteiger partial charge in [0.1, 0.15) is 12.1 Å². The summed E-state index contributed by atoms with van der Waals surface area (Å²) in [5.74, 6) is 1.52. The maximum Gasteiger partial charge on any atom is 0.277 e. The number of H-pyrrole nitrogens is 1. The fourth-order valence-corrected chi connectivity index (χ4v) is 4.38. The summed E-state index contributed by atoms with van der Waals surface area (Å²) in [6.07, 6.45) is 4.24. The quantitative estimate of drug-likeness (QED) is 0.0582.